The van der Waals surface area contributed by atoms with Crippen molar-refractivity contribution in [3.63, 3.8) is 0 Å². The number of rotatable bonds is 7. The lowest BCUT2D eigenvalue weighted by Crippen LogP contribution is -2.46. The smallest absolute Gasteiger partial charge is 0.262 e. The zero-order valence-corrected chi connectivity index (χ0v) is 19.3. The van der Waals surface area contributed by atoms with E-state index in [0.717, 1.165) is 31.2 Å². The third kappa shape index (κ3) is 4.95. The highest BCUT2D eigenvalue weighted by Crippen LogP contribution is 2.32. The Kier molecular flexibility index (Phi) is 6.82. The second-order valence-corrected chi connectivity index (χ2v) is 8.57. The van der Waals surface area contributed by atoms with E-state index in [1.807, 2.05) is 55.5 Å². The summed E-state index contributed by atoms with van der Waals surface area (Å²) in [6.45, 7) is 3.74. The standard InChI is InChI=1S/C27H30N2O4/c1-18-8-12-22(13-9-18)29(27(31)24-16-17-33-19(24)2)25(20-10-14-23(32-3)15-11-20)26(30)28-21-6-4-5-7-21/h8-17,21,25H,4-7H2,1-3H3,(H,28,30)/t25-/m1/s1. The van der Waals surface area contributed by atoms with Crippen LogP contribution < -0.4 is 15.0 Å². The molecule has 4 rings (SSSR count). The minimum atomic E-state index is -0.846. The second kappa shape index (κ2) is 9.94. The largest absolute Gasteiger partial charge is 0.497 e. The van der Waals surface area contributed by atoms with Gasteiger partial charge in [-0.15, -0.1) is 0 Å². The van der Waals surface area contributed by atoms with Gasteiger partial charge >= 0.3 is 0 Å². The number of nitrogens with zero attached hydrogens (tertiary/aromatic N) is 1. The summed E-state index contributed by atoms with van der Waals surface area (Å²) in [5, 5.41) is 3.19. The number of nitrogens with one attached hydrogen (secondary N) is 1. The molecule has 2 amide bonds. The maximum Gasteiger partial charge on any atom is 0.262 e. The first-order chi connectivity index (χ1) is 16.0. The van der Waals surface area contributed by atoms with E-state index in [4.69, 9.17) is 9.15 Å². The molecule has 1 fully saturated rings. The van der Waals surface area contributed by atoms with Gasteiger partial charge in [0, 0.05) is 11.7 Å². The van der Waals surface area contributed by atoms with Crippen molar-refractivity contribution in [3.05, 3.63) is 83.3 Å². The second-order valence-electron chi connectivity index (χ2n) is 8.57. The first-order valence-corrected chi connectivity index (χ1v) is 11.4. The highest BCUT2D eigenvalue weighted by Gasteiger charge is 2.35. The van der Waals surface area contributed by atoms with E-state index in [9.17, 15) is 9.59 Å². The normalized spacial score (nSPS) is 14.6. The van der Waals surface area contributed by atoms with Crippen molar-refractivity contribution in [2.24, 2.45) is 0 Å². The minimum absolute atomic E-state index is 0.129. The number of hydrogen-bond donors (Lipinski definition) is 1. The Labute approximate surface area is 194 Å². The predicted octanol–water partition coefficient (Wildman–Crippen LogP) is 5.35. The zero-order valence-electron chi connectivity index (χ0n) is 19.3. The fourth-order valence-corrected chi connectivity index (χ4v) is 4.38. The number of benzene rings is 2. The SMILES string of the molecule is COc1ccc([C@H](C(=O)NC2CCCC2)N(C(=O)c2ccoc2C)c2ccc(C)cc2)cc1. The molecule has 0 spiro atoms. The maximum atomic E-state index is 13.9. The van der Waals surface area contributed by atoms with Crippen molar-refractivity contribution in [1.29, 1.82) is 0 Å². The highest BCUT2D eigenvalue weighted by atomic mass is 16.5. The number of ether oxygens (including phenoxy) is 1. The molecule has 6 heteroatoms. The minimum Gasteiger partial charge on any atom is -0.497 e. The third-order valence-corrected chi connectivity index (χ3v) is 6.26. The van der Waals surface area contributed by atoms with Gasteiger partial charge in [0.2, 0.25) is 5.91 Å². The van der Waals surface area contributed by atoms with E-state index in [1.165, 1.54) is 6.26 Å². The molecule has 1 atom stereocenters. The van der Waals surface area contributed by atoms with Gasteiger partial charge in [-0.25, -0.2) is 0 Å². The molecular formula is C27H30N2O4. The van der Waals surface area contributed by atoms with Crippen LogP contribution in [-0.4, -0.2) is 25.0 Å². The number of aryl methyl sites for hydroxylation is 2. The fourth-order valence-electron chi connectivity index (χ4n) is 4.38. The van der Waals surface area contributed by atoms with Crippen LogP contribution in [0.1, 0.15) is 59.0 Å². The van der Waals surface area contributed by atoms with Gasteiger partial charge in [0.15, 0.2) is 0 Å². The van der Waals surface area contributed by atoms with E-state index in [0.29, 0.717) is 28.3 Å². The molecule has 1 aliphatic carbocycles. The number of hydrogen-bond acceptors (Lipinski definition) is 4. The molecular weight excluding hydrogens is 416 g/mol. The van der Waals surface area contributed by atoms with Crippen molar-refractivity contribution in [2.75, 3.05) is 12.0 Å². The first kappa shape index (κ1) is 22.6. The van der Waals surface area contributed by atoms with Crippen LogP contribution in [0, 0.1) is 13.8 Å². The molecule has 1 aliphatic rings. The molecule has 0 saturated heterocycles. The van der Waals surface area contributed by atoms with Crippen LogP contribution in [0.5, 0.6) is 5.75 Å². The Morgan fingerprint density at radius 2 is 1.67 bits per heavy atom. The summed E-state index contributed by atoms with van der Waals surface area (Å²) < 4.78 is 10.7. The third-order valence-electron chi connectivity index (χ3n) is 6.26. The summed E-state index contributed by atoms with van der Waals surface area (Å²) >= 11 is 0. The molecule has 3 aromatic rings. The summed E-state index contributed by atoms with van der Waals surface area (Å²) in [5.41, 5.74) is 2.86. The topological polar surface area (TPSA) is 71.8 Å². The van der Waals surface area contributed by atoms with Crippen LogP contribution in [0.2, 0.25) is 0 Å². The molecule has 0 bridgehead atoms. The van der Waals surface area contributed by atoms with Crippen LogP contribution in [0.4, 0.5) is 5.69 Å². The molecule has 1 N–H and O–H groups in total. The van der Waals surface area contributed by atoms with Gasteiger partial charge in [-0.1, -0.05) is 42.7 Å². The van der Waals surface area contributed by atoms with Crippen molar-refractivity contribution in [2.45, 2.75) is 51.6 Å². The van der Waals surface area contributed by atoms with Gasteiger partial charge in [-0.3, -0.25) is 14.5 Å². The van der Waals surface area contributed by atoms with Crippen molar-refractivity contribution >= 4 is 17.5 Å². The molecule has 1 saturated carbocycles. The van der Waals surface area contributed by atoms with Gasteiger partial charge in [0.1, 0.15) is 17.6 Å². The number of methoxy groups -OCH3 is 1. The van der Waals surface area contributed by atoms with Crippen LogP contribution in [0.15, 0.2) is 65.3 Å². The van der Waals surface area contributed by atoms with E-state index in [-0.39, 0.29) is 17.9 Å². The molecule has 6 nitrogen and oxygen atoms in total. The Bertz CT molecular complexity index is 1100. The van der Waals surface area contributed by atoms with Gasteiger partial charge in [-0.05, 0) is 62.6 Å². The van der Waals surface area contributed by atoms with Crippen molar-refractivity contribution in [1.82, 2.24) is 5.32 Å². The fraction of sp³-hybridized carbons (Fsp3) is 0.333. The van der Waals surface area contributed by atoms with Gasteiger partial charge < -0.3 is 14.5 Å². The highest BCUT2D eigenvalue weighted by molar-refractivity contribution is 6.10. The Morgan fingerprint density at radius 1 is 1.00 bits per heavy atom. The molecule has 0 aliphatic heterocycles. The maximum absolute atomic E-state index is 13.9. The Balaban J connectivity index is 1.81. The Hall–Kier alpha value is -3.54. The molecule has 2 aromatic carbocycles. The lowest BCUT2D eigenvalue weighted by atomic mass is 10.0. The predicted molar refractivity (Wildman–Crippen MR) is 128 cm³/mol. The van der Waals surface area contributed by atoms with Gasteiger partial charge in [-0.2, -0.15) is 0 Å². The molecule has 0 unspecified atom stereocenters. The lowest BCUT2D eigenvalue weighted by molar-refractivity contribution is -0.123. The number of carbonyl (C=O) groups is 2. The summed E-state index contributed by atoms with van der Waals surface area (Å²) in [4.78, 5) is 29.2. The van der Waals surface area contributed by atoms with Crippen molar-refractivity contribution in [3.8, 4) is 5.75 Å². The van der Waals surface area contributed by atoms with E-state index in [1.54, 1.807) is 25.0 Å². The van der Waals surface area contributed by atoms with E-state index >= 15 is 0 Å². The van der Waals surface area contributed by atoms with Crippen molar-refractivity contribution < 1.29 is 18.7 Å². The average molecular weight is 447 g/mol. The molecule has 33 heavy (non-hydrogen) atoms. The molecule has 0 radical (unpaired) electrons. The summed E-state index contributed by atoms with van der Waals surface area (Å²) in [5.74, 6) is 0.726. The number of amides is 2. The molecule has 1 aromatic heterocycles. The Morgan fingerprint density at radius 3 is 2.24 bits per heavy atom. The molecule has 1 heterocycles. The summed E-state index contributed by atoms with van der Waals surface area (Å²) in [6, 6.07) is 15.9. The quantitative estimate of drug-likeness (QED) is 0.531. The number of anilines is 1. The average Bonchev–Trinajstić information content (AvgIpc) is 3.49. The van der Waals surface area contributed by atoms with E-state index < -0.39 is 6.04 Å². The first-order valence-electron chi connectivity index (χ1n) is 11.4. The van der Waals surface area contributed by atoms with Gasteiger partial charge in [0.05, 0.1) is 18.9 Å². The van der Waals surface area contributed by atoms with Crippen LogP contribution in [0.3, 0.4) is 0 Å². The van der Waals surface area contributed by atoms with Crippen LogP contribution in [-0.2, 0) is 4.79 Å². The summed E-state index contributed by atoms with van der Waals surface area (Å²) in [7, 11) is 1.60. The van der Waals surface area contributed by atoms with E-state index in [2.05, 4.69) is 5.32 Å². The summed E-state index contributed by atoms with van der Waals surface area (Å²) in [6.07, 6.45) is 5.62. The zero-order chi connectivity index (χ0) is 23.4. The van der Waals surface area contributed by atoms with Crippen LogP contribution in [0.25, 0.3) is 0 Å². The lowest BCUT2D eigenvalue weighted by Gasteiger charge is -2.32. The number of carbonyl (C=O) groups excluding carboxylic acids is 2. The number of furan rings is 1. The van der Waals surface area contributed by atoms with Crippen LogP contribution >= 0.6 is 0 Å². The van der Waals surface area contributed by atoms with Gasteiger partial charge in [0.25, 0.3) is 5.91 Å². The monoisotopic (exact) mass is 446 g/mol. The molecule has 172 valence electrons.